The predicted octanol–water partition coefficient (Wildman–Crippen LogP) is 3.49. The molecule has 1 fully saturated rings. The summed E-state index contributed by atoms with van der Waals surface area (Å²) in [6, 6.07) is 7.72. The van der Waals surface area contributed by atoms with Gasteiger partial charge in [0.1, 0.15) is 5.75 Å². The molecule has 1 unspecified atom stereocenters. The molecule has 0 heterocycles. The Morgan fingerprint density at radius 1 is 1.21 bits per heavy atom. The second-order valence-electron chi connectivity index (χ2n) is 7.43. The van der Waals surface area contributed by atoms with Crippen molar-refractivity contribution < 1.29 is 14.6 Å². The van der Waals surface area contributed by atoms with Crippen LogP contribution in [0.5, 0.6) is 5.75 Å². The van der Waals surface area contributed by atoms with E-state index in [2.05, 4.69) is 19.2 Å². The van der Waals surface area contributed by atoms with Gasteiger partial charge >= 0.3 is 0 Å². The first kappa shape index (κ1) is 18.8. The zero-order valence-corrected chi connectivity index (χ0v) is 15.2. The maximum Gasteiger partial charge on any atom is 0.227 e. The number of rotatable bonds is 7. The second-order valence-corrected chi connectivity index (χ2v) is 7.43. The summed E-state index contributed by atoms with van der Waals surface area (Å²) in [5, 5.41) is 12.9. The van der Waals surface area contributed by atoms with Crippen molar-refractivity contribution >= 4 is 5.91 Å². The zero-order valence-electron chi connectivity index (χ0n) is 15.2. The second kappa shape index (κ2) is 8.52. The highest BCUT2D eigenvalue weighted by Crippen LogP contribution is 2.35. The molecule has 0 aliphatic heterocycles. The lowest BCUT2D eigenvalue weighted by molar-refractivity contribution is -0.124. The molecule has 0 spiro atoms. The van der Waals surface area contributed by atoms with E-state index in [0.717, 1.165) is 37.0 Å². The molecule has 0 radical (unpaired) electrons. The lowest BCUT2D eigenvalue weighted by Crippen LogP contribution is -2.43. The predicted molar refractivity (Wildman–Crippen MR) is 96.2 cm³/mol. The average molecular weight is 333 g/mol. The van der Waals surface area contributed by atoms with Gasteiger partial charge in [-0.1, -0.05) is 45.2 Å². The van der Waals surface area contributed by atoms with Crippen molar-refractivity contribution in [3.8, 4) is 5.75 Å². The highest BCUT2D eigenvalue weighted by molar-refractivity contribution is 5.84. The van der Waals surface area contributed by atoms with Gasteiger partial charge in [0.05, 0.1) is 19.6 Å². The van der Waals surface area contributed by atoms with E-state index >= 15 is 0 Å². The monoisotopic (exact) mass is 333 g/mol. The SMILES string of the molecule is COc1ccc(C(C(=O)NCC2(CO)CCCCC2)C(C)C)cc1. The molecule has 134 valence electrons. The van der Waals surface area contributed by atoms with Crippen molar-refractivity contribution in [3.05, 3.63) is 29.8 Å². The lowest BCUT2D eigenvalue weighted by Gasteiger charge is -2.36. The van der Waals surface area contributed by atoms with E-state index < -0.39 is 0 Å². The molecule has 1 aliphatic rings. The van der Waals surface area contributed by atoms with E-state index in [0.29, 0.717) is 6.54 Å². The quantitative estimate of drug-likeness (QED) is 0.803. The van der Waals surface area contributed by atoms with Gasteiger partial charge in [-0.3, -0.25) is 4.79 Å². The minimum atomic E-state index is -0.185. The summed E-state index contributed by atoms with van der Waals surface area (Å²) in [7, 11) is 1.64. The fraction of sp³-hybridized carbons (Fsp3) is 0.650. The van der Waals surface area contributed by atoms with E-state index in [4.69, 9.17) is 4.74 Å². The Bertz CT molecular complexity index is 518. The molecule has 2 N–H and O–H groups in total. The molecular weight excluding hydrogens is 302 g/mol. The number of carbonyl (C=O) groups is 1. The van der Waals surface area contributed by atoms with Crippen molar-refractivity contribution in [2.24, 2.45) is 11.3 Å². The van der Waals surface area contributed by atoms with E-state index in [1.165, 1.54) is 6.42 Å². The number of ether oxygens (including phenoxy) is 1. The summed E-state index contributed by atoms with van der Waals surface area (Å²) in [4.78, 5) is 12.8. The van der Waals surface area contributed by atoms with Gasteiger partial charge in [0, 0.05) is 12.0 Å². The topological polar surface area (TPSA) is 58.6 Å². The molecule has 4 heteroatoms. The number of aliphatic hydroxyl groups excluding tert-OH is 1. The van der Waals surface area contributed by atoms with Gasteiger partial charge in [0.25, 0.3) is 0 Å². The number of methoxy groups -OCH3 is 1. The van der Waals surface area contributed by atoms with E-state index in [1.54, 1.807) is 7.11 Å². The minimum Gasteiger partial charge on any atom is -0.497 e. The van der Waals surface area contributed by atoms with Crippen LogP contribution in [0.1, 0.15) is 57.4 Å². The highest BCUT2D eigenvalue weighted by Gasteiger charge is 2.33. The number of nitrogens with one attached hydrogen (secondary N) is 1. The summed E-state index contributed by atoms with van der Waals surface area (Å²) in [6.45, 7) is 4.86. The molecule has 0 bridgehead atoms. The Labute approximate surface area is 145 Å². The number of hydrogen-bond donors (Lipinski definition) is 2. The molecule has 1 aromatic carbocycles. The van der Waals surface area contributed by atoms with Crippen molar-refractivity contribution in [3.63, 3.8) is 0 Å². The number of amides is 1. The number of hydrogen-bond acceptors (Lipinski definition) is 3. The maximum atomic E-state index is 12.8. The third-order valence-electron chi connectivity index (χ3n) is 5.31. The smallest absolute Gasteiger partial charge is 0.227 e. The summed E-state index contributed by atoms with van der Waals surface area (Å²) in [5.41, 5.74) is 0.875. The zero-order chi connectivity index (χ0) is 17.6. The fourth-order valence-corrected chi connectivity index (χ4v) is 3.73. The number of aliphatic hydroxyl groups is 1. The number of carbonyl (C=O) groups excluding carboxylic acids is 1. The van der Waals surface area contributed by atoms with Crippen LogP contribution < -0.4 is 10.1 Å². The Morgan fingerprint density at radius 2 is 1.83 bits per heavy atom. The van der Waals surface area contributed by atoms with Gasteiger partial charge in [0.15, 0.2) is 0 Å². The van der Waals surface area contributed by atoms with E-state index in [-0.39, 0.29) is 29.8 Å². The van der Waals surface area contributed by atoms with Gasteiger partial charge in [0.2, 0.25) is 5.91 Å². The van der Waals surface area contributed by atoms with E-state index in [9.17, 15) is 9.90 Å². The molecular formula is C20H31NO3. The molecule has 1 amide bonds. The van der Waals surface area contributed by atoms with Crippen LogP contribution in [-0.2, 0) is 4.79 Å². The van der Waals surface area contributed by atoms with Crippen LogP contribution in [-0.4, -0.2) is 31.3 Å². The summed E-state index contributed by atoms with van der Waals surface area (Å²) in [5.74, 6) is 0.863. The van der Waals surface area contributed by atoms with Crippen LogP contribution in [0.2, 0.25) is 0 Å². The van der Waals surface area contributed by atoms with Gasteiger partial charge in [-0.2, -0.15) is 0 Å². The van der Waals surface area contributed by atoms with Crippen LogP contribution in [0.3, 0.4) is 0 Å². The fourth-order valence-electron chi connectivity index (χ4n) is 3.73. The third-order valence-corrected chi connectivity index (χ3v) is 5.31. The van der Waals surface area contributed by atoms with Crippen LogP contribution in [0.15, 0.2) is 24.3 Å². The molecule has 1 aliphatic carbocycles. The average Bonchev–Trinajstić information content (AvgIpc) is 2.61. The van der Waals surface area contributed by atoms with Gasteiger partial charge in [-0.15, -0.1) is 0 Å². The Kier molecular flexibility index (Phi) is 6.67. The lowest BCUT2D eigenvalue weighted by atomic mass is 9.74. The highest BCUT2D eigenvalue weighted by atomic mass is 16.5. The van der Waals surface area contributed by atoms with Crippen molar-refractivity contribution in [2.75, 3.05) is 20.3 Å². The first-order valence-corrected chi connectivity index (χ1v) is 9.04. The summed E-state index contributed by atoms with van der Waals surface area (Å²) in [6.07, 6.45) is 5.51. The van der Waals surface area contributed by atoms with Crippen LogP contribution in [0.4, 0.5) is 0 Å². The Hall–Kier alpha value is -1.55. The van der Waals surface area contributed by atoms with Crippen molar-refractivity contribution in [1.82, 2.24) is 5.32 Å². The molecule has 24 heavy (non-hydrogen) atoms. The molecule has 0 aromatic heterocycles. The van der Waals surface area contributed by atoms with Crippen molar-refractivity contribution in [2.45, 2.75) is 51.9 Å². The first-order valence-electron chi connectivity index (χ1n) is 9.04. The summed E-state index contributed by atoms with van der Waals surface area (Å²) < 4.78 is 5.20. The molecule has 2 rings (SSSR count). The normalized spacial score (nSPS) is 18.2. The van der Waals surface area contributed by atoms with Gasteiger partial charge in [-0.05, 0) is 36.5 Å². The van der Waals surface area contributed by atoms with Gasteiger partial charge < -0.3 is 15.2 Å². The maximum absolute atomic E-state index is 12.8. The molecule has 1 aromatic rings. The minimum absolute atomic E-state index is 0.0496. The largest absolute Gasteiger partial charge is 0.497 e. The molecule has 1 saturated carbocycles. The van der Waals surface area contributed by atoms with Crippen LogP contribution >= 0.6 is 0 Å². The van der Waals surface area contributed by atoms with Crippen LogP contribution in [0.25, 0.3) is 0 Å². The van der Waals surface area contributed by atoms with E-state index in [1.807, 2.05) is 24.3 Å². The van der Waals surface area contributed by atoms with Gasteiger partial charge in [-0.25, -0.2) is 0 Å². The Balaban J connectivity index is 2.05. The first-order chi connectivity index (χ1) is 11.5. The summed E-state index contributed by atoms with van der Waals surface area (Å²) >= 11 is 0. The Morgan fingerprint density at radius 3 is 2.33 bits per heavy atom. The number of benzene rings is 1. The van der Waals surface area contributed by atoms with Crippen LogP contribution in [0, 0.1) is 11.3 Å². The van der Waals surface area contributed by atoms with Crippen molar-refractivity contribution in [1.29, 1.82) is 0 Å². The molecule has 0 saturated heterocycles. The third kappa shape index (κ3) is 4.50. The standard InChI is InChI=1S/C20H31NO3/c1-15(2)18(16-7-9-17(24-3)10-8-16)19(23)21-13-20(14-22)11-5-4-6-12-20/h7-10,15,18,22H,4-6,11-14H2,1-3H3,(H,21,23). The molecule has 4 nitrogen and oxygen atoms in total. The molecule has 1 atom stereocenters.